The van der Waals surface area contributed by atoms with E-state index in [1.165, 1.54) is 0 Å². The topological polar surface area (TPSA) is 95.1 Å². The van der Waals surface area contributed by atoms with Crippen LogP contribution in [0.3, 0.4) is 0 Å². The molecule has 0 saturated carbocycles. The molecule has 0 saturated heterocycles. The second-order valence-corrected chi connectivity index (χ2v) is 7.12. The standard InChI is InChI=1S/C20H16ClN3O.C2HF3O2/c21-17-4-2-1-3-13(17)5-6-15-11-14(7-9-22-15)19-12-16-18(24-19)8-10-23-20(16)25;3-2(4,5)1(6)7/h1-7,9,11-12,24H,8,10H2,(H,23,25);(H,6,7). The molecule has 3 N–H and O–H groups in total. The van der Waals surface area contributed by atoms with Crippen LogP contribution in [-0.2, 0) is 11.2 Å². The highest BCUT2D eigenvalue weighted by atomic mass is 35.5. The van der Waals surface area contributed by atoms with Gasteiger partial charge in [-0.15, -0.1) is 0 Å². The molecule has 0 aliphatic carbocycles. The number of aliphatic carboxylic acids is 1. The number of carbonyl (C=O) groups is 2. The van der Waals surface area contributed by atoms with Gasteiger partial charge in [-0.25, -0.2) is 4.79 Å². The number of alkyl halides is 3. The number of fused-ring (bicyclic) bond motifs is 1. The highest BCUT2D eigenvalue weighted by Gasteiger charge is 2.38. The number of nitrogens with zero attached hydrogens (tertiary/aromatic N) is 1. The Morgan fingerprint density at radius 1 is 1.16 bits per heavy atom. The third-order valence-electron chi connectivity index (χ3n) is 4.48. The number of hydrogen-bond donors (Lipinski definition) is 3. The first kappa shape index (κ1) is 23.1. The van der Waals surface area contributed by atoms with E-state index in [9.17, 15) is 18.0 Å². The number of carbonyl (C=O) groups excluding carboxylic acids is 1. The normalized spacial score (nSPS) is 13.2. The van der Waals surface area contributed by atoms with E-state index < -0.39 is 12.1 Å². The van der Waals surface area contributed by atoms with E-state index >= 15 is 0 Å². The molecular formula is C22H17ClF3N3O3. The number of hydrogen-bond acceptors (Lipinski definition) is 3. The molecule has 1 amide bonds. The van der Waals surface area contributed by atoms with Gasteiger partial charge >= 0.3 is 12.1 Å². The summed E-state index contributed by atoms with van der Waals surface area (Å²) in [6.45, 7) is 0.675. The minimum Gasteiger partial charge on any atom is -0.475 e. The van der Waals surface area contributed by atoms with Gasteiger partial charge in [0, 0.05) is 41.1 Å². The van der Waals surface area contributed by atoms with E-state index in [0.717, 1.165) is 40.2 Å². The van der Waals surface area contributed by atoms with Crippen LogP contribution in [0.2, 0.25) is 5.02 Å². The Morgan fingerprint density at radius 2 is 1.88 bits per heavy atom. The molecule has 0 fully saturated rings. The van der Waals surface area contributed by atoms with E-state index in [1.807, 2.05) is 54.6 Å². The van der Waals surface area contributed by atoms with E-state index in [1.54, 1.807) is 6.20 Å². The number of rotatable bonds is 3. The van der Waals surface area contributed by atoms with Crippen LogP contribution < -0.4 is 5.32 Å². The van der Waals surface area contributed by atoms with Crippen molar-refractivity contribution >= 4 is 35.6 Å². The lowest BCUT2D eigenvalue weighted by molar-refractivity contribution is -0.192. The van der Waals surface area contributed by atoms with Gasteiger partial charge in [-0.3, -0.25) is 9.78 Å². The lowest BCUT2D eigenvalue weighted by Gasteiger charge is -2.10. The number of aromatic nitrogens is 2. The number of carboxylic acid groups (broad SMARTS) is 1. The summed E-state index contributed by atoms with van der Waals surface area (Å²) < 4.78 is 31.7. The molecule has 0 unspecified atom stereocenters. The fourth-order valence-corrected chi connectivity index (χ4v) is 3.14. The van der Waals surface area contributed by atoms with Crippen LogP contribution >= 0.6 is 11.6 Å². The molecule has 3 aromatic rings. The third-order valence-corrected chi connectivity index (χ3v) is 4.82. The van der Waals surface area contributed by atoms with Gasteiger partial charge in [-0.05, 0) is 35.9 Å². The minimum absolute atomic E-state index is 0.0170. The third kappa shape index (κ3) is 5.76. The summed E-state index contributed by atoms with van der Waals surface area (Å²) in [5, 5.41) is 10.7. The second kappa shape index (κ2) is 9.69. The van der Waals surface area contributed by atoms with Crippen molar-refractivity contribution in [2.24, 2.45) is 0 Å². The summed E-state index contributed by atoms with van der Waals surface area (Å²) in [7, 11) is 0. The first-order valence-corrected chi connectivity index (χ1v) is 9.72. The van der Waals surface area contributed by atoms with Gasteiger partial charge in [-0.2, -0.15) is 13.2 Å². The number of aromatic amines is 1. The zero-order valence-electron chi connectivity index (χ0n) is 16.4. The SMILES string of the molecule is O=C(O)C(F)(F)F.O=C1NCCc2[nH]c(-c3ccnc(C=Cc4ccccc4Cl)c3)cc21. The van der Waals surface area contributed by atoms with E-state index in [2.05, 4.69) is 15.3 Å². The quantitative estimate of drug-likeness (QED) is 0.519. The molecule has 3 heterocycles. The molecule has 1 aromatic carbocycles. The zero-order chi connectivity index (χ0) is 23.3. The van der Waals surface area contributed by atoms with Crippen LogP contribution in [0, 0.1) is 0 Å². The Bertz CT molecular complexity index is 1170. The van der Waals surface area contributed by atoms with Crippen LogP contribution in [0.25, 0.3) is 23.4 Å². The largest absolute Gasteiger partial charge is 0.490 e. The van der Waals surface area contributed by atoms with Gasteiger partial charge in [0.25, 0.3) is 5.91 Å². The van der Waals surface area contributed by atoms with Gasteiger partial charge in [0.05, 0.1) is 11.3 Å². The van der Waals surface area contributed by atoms with Crippen molar-refractivity contribution < 1.29 is 27.9 Å². The molecule has 0 atom stereocenters. The van der Waals surface area contributed by atoms with Crippen molar-refractivity contribution in [3.63, 3.8) is 0 Å². The van der Waals surface area contributed by atoms with Crippen molar-refractivity contribution in [2.45, 2.75) is 12.6 Å². The summed E-state index contributed by atoms with van der Waals surface area (Å²) in [4.78, 5) is 28.6. The fourth-order valence-electron chi connectivity index (χ4n) is 2.94. The van der Waals surface area contributed by atoms with Gasteiger partial charge < -0.3 is 15.4 Å². The summed E-state index contributed by atoms with van der Waals surface area (Å²) in [5.41, 5.74) is 5.42. The summed E-state index contributed by atoms with van der Waals surface area (Å²) in [5.74, 6) is -2.77. The maximum atomic E-state index is 11.9. The van der Waals surface area contributed by atoms with E-state index in [-0.39, 0.29) is 5.91 Å². The number of amides is 1. The first-order valence-electron chi connectivity index (χ1n) is 9.34. The Morgan fingerprint density at radius 3 is 2.53 bits per heavy atom. The van der Waals surface area contributed by atoms with E-state index in [4.69, 9.17) is 21.5 Å². The fraction of sp³-hybridized carbons (Fsp3) is 0.136. The number of benzene rings is 1. The van der Waals surface area contributed by atoms with Crippen molar-refractivity contribution in [3.05, 3.63) is 76.2 Å². The number of carboxylic acids is 1. The van der Waals surface area contributed by atoms with Gasteiger partial charge in [0.2, 0.25) is 0 Å². The predicted octanol–water partition coefficient (Wildman–Crippen LogP) is 4.82. The molecule has 1 aliphatic rings. The molecule has 32 heavy (non-hydrogen) atoms. The Labute approximate surface area is 185 Å². The van der Waals surface area contributed by atoms with Crippen LogP contribution in [-0.4, -0.2) is 39.7 Å². The average molecular weight is 464 g/mol. The monoisotopic (exact) mass is 463 g/mol. The van der Waals surface area contributed by atoms with Crippen molar-refractivity contribution in [2.75, 3.05) is 6.54 Å². The highest BCUT2D eigenvalue weighted by molar-refractivity contribution is 6.32. The molecule has 1 aliphatic heterocycles. The number of H-pyrrole nitrogens is 1. The molecule has 4 rings (SSSR count). The molecule has 0 bridgehead atoms. The minimum atomic E-state index is -5.08. The lowest BCUT2D eigenvalue weighted by atomic mass is 10.1. The molecule has 6 nitrogen and oxygen atoms in total. The first-order chi connectivity index (χ1) is 15.1. The summed E-state index contributed by atoms with van der Waals surface area (Å²) in [6.07, 6.45) is 1.38. The van der Waals surface area contributed by atoms with Crippen molar-refractivity contribution in [1.29, 1.82) is 0 Å². The maximum Gasteiger partial charge on any atom is 0.490 e. The van der Waals surface area contributed by atoms with E-state index in [0.29, 0.717) is 11.6 Å². The molecule has 0 radical (unpaired) electrons. The number of pyridine rings is 1. The van der Waals surface area contributed by atoms with Crippen molar-refractivity contribution in [1.82, 2.24) is 15.3 Å². The predicted molar refractivity (Wildman–Crippen MR) is 114 cm³/mol. The smallest absolute Gasteiger partial charge is 0.475 e. The average Bonchev–Trinajstić information content (AvgIpc) is 3.19. The number of halogens is 4. The van der Waals surface area contributed by atoms with Crippen LogP contribution in [0.5, 0.6) is 0 Å². The molecule has 0 spiro atoms. The Kier molecular flexibility index (Phi) is 6.99. The highest BCUT2D eigenvalue weighted by Crippen LogP contribution is 2.25. The maximum absolute atomic E-state index is 11.9. The summed E-state index contributed by atoms with van der Waals surface area (Å²) in [6, 6.07) is 13.5. The second-order valence-electron chi connectivity index (χ2n) is 6.71. The Hall–Kier alpha value is -3.59. The number of nitrogens with one attached hydrogen (secondary N) is 2. The zero-order valence-corrected chi connectivity index (χ0v) is 17.2. The van der Waals surface area contributed by atoms with Gasteiger partial charge in [0.1, 0.15) is 0 Å². The molecule has 2 aromatic heterocycles. The van der Waals surface area contributed by atoms with Crippen LogP contribution in [0.1, 0.15) is 27.3 Å². The Balaban J connectivity index is 0.000000360. The van der Waals surface area contributed by atoms with Gasteiger partial charge in [-0.1, -0.05) is 35.9 Å². The van der Waals surface area contributed by atoms with Crippen LogP contribution in [0.4, 0.5) is 13.2 Å². The summed E-state index contributed by atoms with van der Waals surface area (Å²) >= 11 is 6.17. The van der Waals surface area contributed by atoms with Gasteiger partial charge in [0.15, 0.2) is 0 Å². The molecule has 10 heteroatoms. The van der Waals surface area contributed by atoms with Crippen molar-refractivity contribution in [3.8, 4) is 11.3 Å². The lowest BCUT2D eigenvalue weighted by Crippen LogP contribution is -2.31. The molecular weight excluding hydrogens is 447 g/mol. The van der Waals surface area contributed by atoms with Crippen LogP contribution in [0.15, 0.2) is 48.7 Å². The molecule has 166 valence electrons.